The molecule has 0 bridgehead atoms. The number of anilines is 1. The van der Waals surface area contributed by atoms with Crippen molar-refractivity contribution in [1.29, 1.82) is 0 Å². The van der Waals surface area contributed by atoms with Gasteiger partial charge in [-0.1, -0.05) is 31.2 Å². The van der Waals surface area contributed by atoms with Crippen LogP contribution in [0.4, 0.5) is 5.13 Å². The second-order valence-electron chi connectivity index (χ2n) is 5.65. The van der Waals surface area contributed by atoms with E-state index in [1.165, 1.54) is 16.9 Å². The Labute approximate surface area is 156 Å². The number of Topliss-reactive ketones (excluding diaryl/α,β-unsaturated/α-hetero) is 1. The lowest BCUT2D eigenvalue weighted by Crippen LogP contribution is -2.13. The molecule has 0 aliphatic heterocycles. The van der Waals surface area contributed by atoms with E-state index in [1.54, 1.807) is 24.4 Å². The molecule has 0 atom stereocenters. The number of aromatic nitrogens is 1. The molecule has 138 valence electrons. The fourth-order valence-corrected chi connectivity index (χ4v) is 3.01. The first-order valence-corrected chi connectivity index (χ1v) is 9.41. The Morgan fingerprint density at radius 1 is 1.12 bits per heavy atom. The first-order valence-electron chi connectivity index (χ1n) is 8.53. The summed E-state index contributed by atoms with van der Waals surface area (Å²) in [5, 5.41) is 4.77. The highest BCUT2D eigenvalue weighted by Gasteiger charge is 2.12. The van der Waals surface area contributed by atoms with Crippen LogP contribution in [0.2, 0.25) is 0 Å². The van der Waals surface area contributed by atoms with Crippen molar-refractivity contribution in [3.8, 4) is 0 Å². The van der Waals surface area contributed by atoms with Crippen LogP contribution in [0, 0.1) is 0 Å². The van der Waals surface area contributed by atoms with Gasteiger partial charge in [0.25, 0.3) is 0 Å². The van der Waals surface area contributed by atoms with E-state index >= 15 is 0 Å². The van der Waals surface area contributed by atoms with Crippen LogP contribution < -0.4 is 5.32 Å². The molecule has 0 aliphatic rings. The lowest BCUT2D eigenvalue weighted by molar-refractivity contribution is -0.142. The normalized spacial score (nSPS) is 10.4. The number of thiazole rings is 1. The average Bonchev–Trinajstić information content (AvgIpc) is 3.06. The topological polar surface area (TPSA) is 85.4 Å². The van der Waals surface area contributed by atoms with Gasteiger partial charge in [0.1, 0.15) is 0 Å². The smallest absolute Gasteiger partial charge is 0.311 e. The molecule has 0 aliphatic carbocycles. The van der Waals surface area contributed by atoms with Crippen molar-refractivity contribution in [3.63, 3.8) is 0 Å². The van der Waals surface area contributed by atoms with Crippen LogP contribution in [-0.4, -0.2) is 29.3 Å². The zero-order chi connectivity index (χ0) is 18.9. The van der Waals surface area contributed by atoms with E-state index in [0.717, 1.165) is 6.42 Å². The van der Waals surface area contributed by atoms with Gasteiger partial charge in [0.2, 0.25) is 5.91 Å². The first-order chi connectivity index (χ1) is 12.5. The molecule has 1 aromatic carbocycles. The Kier molecular flexibility index (Phi) is 7.47. The summed E-state index contributed by atoms with van der Waals surface area (Å²) in [5.41, 5.74) is 2.33. The number of carbonyl (C=O) groups is 3. The number of nitrogens with zero attached hydrogens (tertiary/aromatic N) is 1. The van der Waals surface area contributed by atoms with Crippen LogP contribution in [0.25, 0.3) is 0 Å². The summed E-state index contributed by atoms with van der Waals surface area (Å²) >= 11 is 1.24. The number of carbonyl (C=O) groups excluding carboxylic acids is 3. The number of hydrogen-bond donors (Lipinski definition) is 1. The fraction of sp³-hybridized carbons (Fsp3) is 0.368. The Balaban J connectivity index is 1.80. The van der Waals surface area contributed by atoms with Crippen LogP contribution in [0.3, 0.4) is 0 Å². The molecule has 0 fully saturated rings. The molecule has 2 rings (SSSR count). The lowest BCUT2D eigenvalue weighted by atomic mass is 10.0. The highest BCUT2D eigenvalue weighted by Crippen LogP contribution is 2.17. The van der Waals surface area contributed by atoms with E-state index in [1.807, 2.05) is 12.1 Å². The molecule has 26 heavy (non-hydrogen) atoms. The SMILES string of the molecule is CCOC(=O)Cc1csc(NC(=O)CCC(=O)c2ccc(CC)cc2)n1. The summed E-state index contributed by atoms with van der Waals surface area (Å²) in [6.45, 7) is 4.11. The predicted octanol–water partition coefficient (Wildman–Crippen LogP) is 3.41. The molecule has 0 radical (unpaired) electrons. The second kappa shape index (κ2) is 9.82. The molecule has 1 heterocycles. The predicted molar refractivity (Wildman–Crippen MR) is 100 cm³/mol. The third-order valence-corrected chi connectivity index (χ3v) is 4.50. The molecule has 0 spiro atoms. The van der Waals surface area contributed by atoms with Crippen LogP contribution in [0.5, 0.6) is 0 Å². The van der Waals surface area contributed by atoms with Crippen molar-refractivity contribution in [1.82, 2.24) is 4.98 Å². The number of esters is 1. The maximum absolute atomic E-state index is 12.1. The summed E-state index contributed by atoms with van der Waals surface area (Å²) in [5.74, 6) is -0.694. The molecule has 7 heteroatoms. The maximum Gasteiger partial charge on any atom is 0.311 e. The third-order valence-electron chi connectivity index (χ3n) is 3.69. The summed E-state index contributed by atoms with van der Waals surface area (Å²) in [6, 6.07) is 7.44. The highest BCUT2D eigenvalue weighted by molar-refractivity contribution is 7.13. The standard InChI is InChI=1S/C19H22N2O4S/c1-3-13-5-7-14(8-6-13)16(22)9-10-17(23)21-19-20-15(12-26-19)11-18(24)25-4-2/h5-8,12H,3-4,9-11H2,1-2H3,(H,20,21,23). The third kappa shape index (κ3) is 6.07. The van der Waals surface area contributed by atoms with E-state index < -0.39 is 0 Å². The monoisotopic (exact) mass is 374 g/mol. The number of amides is 1. The lowest BCUT2D eigenvalue weighted by Gasteiger charge is -2.03. The van der Waals surface area contributed by atoms with Gasteiger partial charge in [-0.25, -0.2) is 4.98 Å². The van der Waals surface area contributed by atoms with Gasteiger partial charge in [-0.3, -0.25) is 14.4 Å². The van der Waals surface area contributed by atoms with E-state index in [-0.39, 0.29) is 36.9 Å². The van der Waals surface area contributed by atoms with Crippen molar-refractivity contribution in [2.75, 3.05) is 11.9 Å². The zero-order valence-electron chi connectivity index (χ0n) is 14.9. The number of ketones is 1. The molecule has 2 aromatic rings. The summed E-state index contributed by atoms with van der Waals surface area (Å²) in [7, 11) is 0. The number of ether oxygens (including phenoxy) is 1. The van der Waals surface area contributed by atoms with E-state index in [0.29, 0.717) is 23.0 Å². The van der Waals surface area contributed by atoms with Crippen LogP contribution in [-0.2, 0) is 27.2 Å². The van der Waals surface area contributed by atoms with Gasteiger partial charge < -0.3 is 10.1 Å². The molecule has 0 saturated carbocycles. The van der Waals surface area contributed by atoms with E-state index in [9.17, 15) is 14.4 Å². The van der Waals surface area contributed by atoms with Crippen LogP contribution >= 0.6 is 11.3 Å². The molecular formula is C19H22N2O4S. The van der Waals surface area contributed by atoms with Gasteiger partial charge in [-0.15, -0.1) is 11.3 Å². The van der Waals surface area contributed by atoms with Crippen molar-refractivity contribution in [3.05, 3.63) is 46.5 Å². The molecule has 1 amide bonds. The van der Waals surface area contributed by atoms with Gasteiger partial charge in [0.15, 0.2) is 10.9 Å². The summed E-state index contributed by atoms with van der Waals surface area (Å²) in [6.07, 6.45) is 1.22. The van der Waals surface area contributed by atoms with Gasteiger partial charge in [0, 0.05) is 23.8 Å². The van der Waals surface area contributed by atoms with Gasteiger partial charge >= 0.3 is 5.97 Å². The number of benzene rings is 1. The minimum Gasteiger partial charge on any atom is -0.466 e. The summed E-state index contributed by atoms with van der Waals surface area (Å²) in [4.78, 5) is 39.7. The Morgan fingerprint density at radius 2 is 1.85 bits per heavy atom. The molecule has 6 nitrogen and oxygen atoms in total. The largest absolute Gasteiger partial charge is 0.466 e. The van der Waals surface area contributed by atoms with Gasteiger partial charge in [0.05, 0.1) is 18.7 Å². The quantitative estimate of drug-likeness (QED) is 0.537. The number of aryl methyl sites for hydroxylation is 1. The highest BCUT2D eigenvalue weighted by atomic mass is 32.1. The fourth-order valence-electron chi connectivity index (χ4n) is 2.28. The first kappa shape index (κ1) is 19.8. The number of rotatable bonds is 9. The molecule has 1 aromatic heterocycles. The Bertz CT molecular complexity index is 768. The zero-order valence-corrected chi connectivity index (χ0v) is 15.7. The van der Waals surface area contributed by atoms with Gasteiger partial charge in [-0.05, 0) is 18.9 Å². The Morgan fingerprint density at radius 3 is 2.50 bits per heavy atom. The Hall–Kier alpha value is -2.54. The van der Waals surface area contributed by atoms with Gasteiger partial charge in [-0.2, -0.15) is 0 Å². The molecular weight excluding hydrogens is 352 g/mol. The van der Waals surface area contributed by atoms with E-state index in [4.69, 9.17) is 4.74 Å². The summed E-state index contributed by atoms with van der Waals surface area (Å²) < 4.78 is 4.86. The minimum absolute atomic E-state index is 0.0649. The van der Waals surface area contributed by atoms with Crippen molar-refractivity contribution in [2.24, 2.45) is 0 Å². The number of hydrogen-bond acceptors (Lipinski definition) is 6. The minimum atomic E-state index is -0.352. The van der Waals surface area contributed by atoms with Crippen LogP contribution in [0.15, 0.2) is 29.6 Å². The van der Waals surface area contributed by atoms with Crippen molar-refractivity contribution in [2.45, 2.75) is 39.5 Å². The molecule has 0 saturated heterocycles. The van der Waals surface area contributed by atoms with Crippen molar-refractivity contribution >= 4 is 34.1 Å². The molecule has 0 unspecified atom stereocenters. The average molecular weight is 374 g/mol. The van der Waals surface area contributed by atoms with Crippen LogP contribution in [0.1, 0.15) is 48.3 Å². The molecule has 1 N–H and O–H groups in total. The second-order valence-corrected chi connectivity index (χ2v) is 6.51. The number of nitrogens with one attached hydrogen (secondary N) is 1. The maximum atomic E-state index is 12.1. The van der Waals surface area contributed by atoms with Crippen molar-refractivity contribution < 1.29 is 19.1 Å². The van der Waals surface area contributed by atoms with E-state index in [2.05, 4.69) is 17.2 Å².